The summed E-state index contributed by atoms with van der Waals surface area (Å²) in [6, 6.07) is 5.61. The van der Waals surface area contributed by atoms with Gasteiger partial charge in [0.1, 0.15) is 5.69 Å². The molecule has 4 heterocycles. The van der Waals surface area contributed by atoms with Gasteiger partial charge < -0.3 is 14.7 Å². The van der Waals surface area contributed by atoms with Crippen molar-refractivity contribution in [2.45, 2.75) is 18.9 Å². The summed E-state index contributed by atoms with van der Waals surface area (Å²) in [4.78, 5) is 25.4. The lowest BCUT2D eigenvalue weighted by Crippen LogP contribution is -2.49. The molecule has 25 heavy (non-hydrogen) atoms. The largest absolute Gasteiger partial charge is 0.339 e. The molecule has 8 heteroatoms. The molecule has 2 aliphatic rings. The Bertz CT molecular complexity index is 713. The number of carbonyl (C=O) groups is 1. The third-order valence-corrected chi connectivity index (χ3v) is 4.79. The van der Waals surface area contributed by atoms with Crippen LogP contribution in [0, 0.1) is 0 Å². The van der Waals surface area contributed by atoms with Crippen molar-refractivity contribution < 1.29 is 9.32 Å². The van der Waals surface area contributed by atoms with Gasteiger partial charge in [0.15, 0.2) is 0 Å². The zero-order valence-corrected chi connectivity index (χ0v) is 14.1. The SMILES string of the molecule is O=C(CN1CCC[C@H]1c1nc(-c2ccccn2)no1)N1CCNCC1. The van der Waals surface area contributed by atoms with E-state index in [-0.39, 0.29) is 11.9 Å². The van der Waals surface area contributed by atoms with Crippen molar-refractivity contribution in [3.05, 3.63) is 30.3 Å². The fraction of sp³-hybridized carbons (Fsp3) is 0.529. The molecule has 0 spiro atoms. The van der Waals surface area contributed by atoms with Crippen LogP contribution in [-0.2, 0) is 4.79 Å². The highest BCUT2D eigenvalue weighted by molar-refractivity contribution is 5.78. The number of likely N-dealkylation sites (tertiary alicyclic amines) is 1. The fourth-order valence-corrected chi connectivity index (χ4v) is 3.45. The Morgan fingerprint density at radius 3 is 2.96 bits per heavy atom. The predicted octanol–water partition coefficient (Wildman–Crippen LogP) is 0.700. The highest BCUT2D eigenvalue weighted by atomic mass is 16.5. The van der Waals surface area contributed by atoms with Crippen LogP contribution in [0.15, 0.2) is 28.9 Å². The zero-order chi connectivity index (χ0) is 17.1. The Hall–Kier alpha value is -2.32. The van der Waals surface area contributed by atoms with Gasteiger partial charge in [-0.05, 0) is 31.5 Å². The minimum atomic E-state index is 0.0110. The lowest BCUT2D eigenvalue weighted by atomic mass is 10.2. The van der Waals surface area contributed by atoms with E-state index >= 15 is 0 Å². The number of piperazine rings is 1. The number of nitrogens with zero attached hydrogens (tertiary/aromatic N) is 5. The number of amides is 1. The van der Waals surface area contributed by atoms with Gasteiger partial charge in [0.25, 0.3) is 0 Å². The van der Waals surface area contributed by atoms with Gasteiger partial charge in [-0.15, -0.1) is 0 Å². The fourth-order valence-electron chi connectivity index (χ4n) is 3.45. The topological polar surface area (TPSA) is 87.4 Å². The zero-order valence-electron chi connectivity index (χ0n) is 14.1. The molecule has 0 aliphatic carbocycles. The smallest absolute Gasteiger partial charge is 0.244 e. The number of pyridine rings is 1. The van der Waals surface area contributed by atoms with Gasteiger partial charge in [-0.2, -0.15) is 4.98 Å². The highest BCUT2D eigenvalue weighted by Gasteiger charge is 2.33. The molecule has 2 aromatic heterocycles. The van der Waals surface area contributed by atoms with Crippen molar-refractivity contribution >= 4 is 5.91 Å². The summed E-state index contributed by atoms with van der Waals surface area (Å²) in [5.41, 5.74) is 0.693. The summed E-state index contributed by atoms with van der Waals surface area (Å²) in [6.45, 7) is 4.58. The van der Waals surface area contributed by atoms with Crippen molar-refractivity contribution in [3.63, 3.8) is 0 Å². The molecule has 4 rings (SSSR count). The van der Waals surface area contributed by atoms with Crippen molar-refractivity contribution in [2.24, 2.45) is 0 Å². The molecule has 2 aromatic rings. The van der Waals surface area contributed by atoms with Crippen molar-refractivity contribution in [2.75, 3.05) is 39.3 Å². The van der Waals surface area contributed by atoms with E-state index in [1.54, 1.807) is 6.20 Å². The third-order valence-electron chi connectivity index (χ3n) is 4.79. The van der Waals surface area contributed by atoms with Gasteiger partial charge in [0.2, 0.25) is 17.6 Å². The van der Waals surface area contributed by atoms with Crippen LogP contribution in [0.2, 0.25) is 0 Å². The second-order valence-electron chi connectivity index (χ2n) is 6.43. The van der Waals surface area contributed by atoms with Gasteiger partial charge in [0, 0.05) is 32.4 Å². The quantitative estimate of drug-likeness (QED) is 0.875. The molecule has 0 aromatic carbocycles. The number of hydrogen-bond acceptors (Lipinski definition) is 7. The van der Waals surface area contributed by atoms with Crippen LogP contribution in [0.5, 0.6) is 0 Å². The Labute approximate surface area is 146 Å². The van der Waals surface area contributed by atoms with E-state index in [2.05, 4.69) is 25.3 Å². The molecule has 2 saturated heterocycles. The number of carbonyl (C=O) groups excluding carboxylic acids is 1. The Balaban J connectivity index is 1.44. The standard InChI is InChI=1S/C17H22N6O2/c24-15(22-10-7-18-8-11-22)12-23-9-3-5-14(23)17-20-16(21-25-17)13-4-1-2-6-19-13/h1-2,4,6,14,18H,3,5,7-12H2/t14-/m0/s1. The molecular formula is C17H22N6O2. The molecule has 132 valence electrons. The number of hydrogen-bond donors (Lipinski definition) is 1. The van der Waals surface area contributed by atoms with Crippen molar-refractivity contribution in [3.8, 4) is 11.5 Å². The Kier molecular flexibility index (Phi) is 4.71. The second-order valence-corrected chi connectivity index (χ2v) is 6.43. The number of rotatable bonds is 4. The highest BCUT2D eigenvalue weighted by Crippen LogP contribution is 2.31. The second kappa shape index (κ2) is 7.28. The van der Waals surface area contributed by atoms with E-state index in [9.17, 15) is 4.79 Å². The van der Waals surface area contributed by atoms with E-state index < -0.39 is 0 Å². The molecule has 2 fully saturated rings. The number of aromatic nitrogens is 3. The molecule has 0 unspecified atom stereocenters. The van der Waals surface area contributed by atoms with E-state index in [0.717, 1.165) is 45.6 Å². The van der Waals surface area contributed by atoms with Crippen LogP contribution in [0.3, 0.4) is 0 Å². The minimum Gasteiger partial charge on any atom is -0.339 e. The molecule has 0 saturated carbocycles. The van der Waals surface area contributed by atoms with Gasteiger partial charge in [0.05, 0.1) is 12.6 Å². The van der Waals surface area contributed by atoms with Gasteiger partial charge >= 0.3 is 0 Å². The third kappa shape index (κ3) is 3.54. The lowest BCUT2D eigenvalue weighted by molar-refractivity contribution is -0.133. The maximum absolute atomic E-state index is 12.5. The minimum absolute atomic E-state index is 0.0110. The van der Waals surface area contributed by atoms with Gasteiger partial charge in [-0.1, -0.05) is 11.2 Å². The molecule has 8 nitrogen and oxygen atoms in total. The van der Waals surface area contributed by atoms with Crippen LogP contribution in [0.4, 0.5) is 0 Å². The first-order valence-electron chi connectivity index (χ1n) is 8.79. The van der Waals surface area contributed by atoms with Crippen LogP contribution in [-0.4, -0.2) is 70.1 Å². The average Bonchev–Trinajstić information content (AvgIpc) is 3.32. The maximum atomic E-state index is 12.5. The molecular weight excluding hydrogens is 320 g/mol. The first-order chi connectivity index (χ1) is 12.3. The first kappa shape index (κ1) is 16.2. The average molecular weight is 342 g/mol. The lowest BCUT2D eigenvalue weighted by Gasteiger charge is -2.30. The maximum Gasteiger partial charge on any atom is 0.244 e. The van der Waals surface area contributed by atoms with Gasteiger partial charge in [-0.25, -0.2) is 0 Å². The van der Waals surface area contributed by atoms with Crippen LogP contribution >= 0.6 is 0 Å². The van der Waals surface area contributed by atoms with Gasteiger partial charge in [-0.3, -0.25) is 14.7 Å². The summed E-state index contributed by atoms with van der Waals surface area (Å²) in [7, 11) is 0. The predicted molar refractivity (Wildman–Crippen MR) is 90.5 cm³/mol. The summed E-state index contributed by atoms with van der Waals surface area (Å²) in [5.74, 6) is 1.25. The number of nitrogens with one attached hydrogen (secondary N) is 1. The summed E-state index contributed by atoms with van der Waals surface area (Å²) in [5, 5.41) is 7.33. The molecule has 2 aliphatic heterocycles. The summed E-state index contributed by atoms with van der Waals surface area (Å²) >= 11 is 0. The summed E-state index contributed by atoms with van der Waals surface area (Å²) in [6.07, 6.45) is 3.67. The first-order valence-corrected chi connectivity index (χ1v) is 8.79. The monoisotopic (exact) mass is 342 g/mol. The van der Waals surface area contributed by atoms with E-state index in [1.807, 2.05) is 23.1 Å². The molecule has 0 radical (unpaired) electrons. The summed E-state index contributed by atoms with van der Waals surface area (Å²) < 4.78 is 5.48. The van der Waals surface area contributed by atoms with Crippen molar-refractivity contribution in [1.82, 2.24) is 30.2 Å². The van der Waals surface area contributed by atoms with E-state index in [1.165, 1.54) is 0 Å². The van der Waals surface area contributed by atoms with Crippen LogP contribution in [0.1, 0.15) is 24.8 Å². The van der Waals surface area contributed by atoms with E-state index in [4.69, 9.17) is 4.52 Å². The molecule has 0 bridgehead atoms. The van der Waals surface area contributed by atoms with Crippen molar-refractivity contribution in [1.29, 1.82) is 0 Å². The van der Waals surface area contributed by atoms with Crippen LogP contribution in [0.25, 0.3) is 11.5 Å². The van der Waals surface area contributed by atoms with Crippen LogP contribution < -0.4 is 5.32 Å². The Morgan fingerprint density at radius 2 is 2.16 bits per heavy atom. The normalized spacial score (nSPS) is 21.6. The Morgan fingerprint density at radius 1 is 1.28 bits per heavy atom. The molecule has 1 N–H and O–H groups in total. The molecule has 1 amide bonds. The van der Waals surface area contributed by atoms with E-state index in [0.29, 0.717) is 24.0 Å². The molecule has 1 atom stereocenters.